The molecule has 0 aliphatic carbocycles. The first-order chi connectivity index (χ1) is 18.3. The predicted octanol–water partition coefficient (Wildman–Crippen LogP) is 4.82. The van der Waals surface area contributed by atoms with E-state index in [0.29, 0.717) is 30.8 Å². The Balaban J connectivity index is 1.34. The van der Waals surface area contributed by atoms with Crippen LogP contribution in [-0.2, 0) is 31.2 Å². The highest BCUT2D eigenvalue weighted by Gasteiger charge is 2.46. The van der Waals surface area contributed by atoms with Crippen LogP contribution in [0.2, 0.25) is 0 Å². The first kappa shape index (κ1) is 29.5. The molecule has 3 atom stereocenters. The van der Waals surface area contributed by atoms with Crippen LogP contribution in [0.1, 0.15) is 65.3 Å². The Morgan fingerprint density at radius 2 is 1.82 bits per heavy atom. The van der Waals surface area contributed by atoms with Gasteiger partial charge in [-0.15, -0.1) is 0 Å². The number of hydrogen-bond donors (Lipinski definition) is 0. The fraction of sp³-hybridized carbons (Fsp3) is 0.414. The van der Waals surface area contributed by atoms with Gasteiger partial charge in [0.15, 0.2) is 11.2 Å². The highest BCUT2D eigenvalue weighted by Crippen LogP contribution is 2.29. The van der Waals surface area contributed by atoms with Gasteiger partial charge in [-0.05, 0) is 67.3 Å². The molecule has 38 heavy (non-hydrogen) atoms. The van der Waals surface area contributed by atoms with Crippen molar-refractivity contribution in [3.05, 3.63) is 83.7 Å². The summed E-state index contributed by atoms with van der Waals surface area (Å²) in [6, 6.07) is 12.1. The Morgan fingerprint density at radius 3 is 2.47 bits per heavy atom. The summed E-state index contributed by atoms with van der Waals surface area (Å²) < 4.78 is 36.7. The molecule has 7 nitrogen and oxygen atoms in total. The number of ketones is 1. The van der Waals surface area contributed by atoms with Gasteiger partial charge >= 0.3 is 5.97 Å². The molecular weight excluding hydrogens is 509 g/mol. The van der Waals surface area contributed by atoms with Gasteiger partial charge in [0.1, 0.15) is 18.2 Å². The van der Waals surface area contributed by atoms with Crippen molar-refractivity contribution in [2.45, 2.75) is 56.2 Å². The van der Waals surface area contributed by atoms with Gasteiger partial charge in [-0.2, -0.15) is 0 Å². The zero-order valence-electron chi connectivity index (χ0n) is 21.6. The molecule has 3 rings (SSSR count). The number of likely N-dealkylation sites (tertiary alicyclic amines) is 1. The van der Waals surface area contributed by atoms with Crippen molar-refractivity contribution >= 4 is 28.8 Å². The molecule has 0 N–H and O–H groups in total. The number of benzene rings is 2. The fourth-order valence-corrected chi connectivity index (χ4v) is 5.77. The van der Waals surface area contributed by atoms with Gasteiger partial charge in [0.2, 0.25) is 5.91 Å². The second-order valence-electron chi connectivity index (χ2n) is 9.23. The molecule has 3 unspecified atom stereocenters. The van der Waals surface area contributed by atoms with Crippen molar-refractivity contribution in [2.75, 3.05) is 19.8 Å². The third kappa shape index (κ3) is 8.51. The van der Waals surface area contributed by atoms with Crippen molar-refractivity contribution in [2.24, 2.45) is 0 Å². The van der Waals surface area contributed by atoms with Gasteiger partial charge in [-0.1, -0.05) is 31.2 Å². The number of carbonyl (C=O) groups is 3. The monoisotopic (exact) mass is 543 g/mol. The topological polar surface area (TPSA) is 96.0 Å². The van der Waals surface area contributed by atoms with Gasteiger partial charge < -0.3 is 14.0 Å². The smallest absolute Gasteiger partial charge is 0.338 e. The summed E-state index contributed by atoms with van der Waals surface area (Å²) >= 11 is -1.29. The lowest BCUT2D eigenvalue weighted by molar-refractivity contribution is -0.146. The summed E-state index contributed by atoms with van der Waals surface area (Å²) in [5, 5.41) is -0.365. The first-order valence-electron chi connectivity index (χ1n) is 12.7. The lowest BCUT2D eigenvalue weighted by Gasteiger charge is -2.43. The maximum absolute atomic E-state index is 13.0. The van der Waals surface area contributed by atoms with Crippen LogP contribution >= 0.6 is 0 Å². The van der Waals surface area contributed by atoms with Crippen LogP contribution < -0.4 is 0 Å². The third-order valence-electron chi connectivity index (χ3n) is 6.27. The molecule has 1 aliphatic heterocycles. The number of nitrogens with zero attached hydrogens (tertiary/aromatic N) is 1. The van der Waals surface area contributed by atoms with Gasteiger partial charge in [0.05, 0.1) is 24.6 Å². The standard InChI is InChI=1S/C29H34FNO6S/c1-3-16-37-29(34)24-10-8-22(9-11-24)20-38(35)28-18-27(33)31(28)21(2)19-36-17-6-4-5-7-26(32)23-12-14-25(30)15-13-23/h3,8-15,21,28H,1,4-7,16-20H2,2H3. The Kier molecular flexibility index (Phi) is 11.5. The van der Waals surface area contributed by atoms with Crippen LogP contribution in [-0.4, -0.2) is 58.3 Å². The molecule has 0 spiro atoms. The van der Waals surface area contributed by atoms with E-state index < -0.39 is 17.1 Å². The minimum atomic E-state index is -1.29. The highest BCUT2D eigenvalue weighted by atomic mass is 32.2. The van der Waals surface area contributed by atoms with Crippen molar-refractivity contribution < 1.29 is 32.8 Å². The number of halogens is 1. The molecule has 1 aliphatic rings. The molecule has 1 heterocycles. The molecule has 2 aromatic rings. The van der Waals surface area contributed by atoms with Gasteiger partial charge in [-0.3, -0.25) is 14.5 Å². The van der Waals surface area contributed by atoms with E-state index in [4.69, 9.17) is 9.47 Å². The predicted molar refractivity (Wildman–Crippen MR) is 143 cm³/mol. The molecular formula is C29H34FNO6S. The third-order valence-corrected chi connectivity index (χ3v) is 7.89. The Labute approximate surface area is 226 Å². The number of hydrogen-bond acceptors (Lipinski definition) is 6. The van der Waals surface area contributed by atoms with E-state index in [-0.39, 0.29) is 47.7 Å². The van der Waals surface area contributed by atoms with E-state index in [2.05, 4.69) is 6.58 Å². The van der Waals surface area contributed by atoms with Crippen molar-refractivity contribution in [3.8, 4) is 0 Å². The van der Waals surface area contributed by atoms with E-state index in [1.807, 2.05) is 6.92 Å². The number of unbranched alkanes of at least 4 members (excludes halogenated alkanes) is 2. The number of rotatable bonds is 16. The minimum absolute atomic E-state index is 0.00292. The summed E-state index contributed by atoms with van der Waals surface area (Å²) in [6.45, 7) is 6.38. The van der Waals surface area contributed by atoms with Crippen LogP contribution in [0, 0.1) is 5.82 Å². The normalized spacial score (nSPS) is 16.4. The van der Waals surface area contributed by atoms with E-state index >= 15 is 0 Å². The lowest BCUT2D eigenvalue weighted by atomic mass is 10.0. The van der Waals surface area contributed by atoms with Crippen LogP contribution in [0.5, 0.6) is 0 Å². The zero-order chi connectivity index (χ0) is 27.5. The van der Waals surface area contributed by atoms with Gasteiger partial charge in [-0.25, -0.2) is 9.18 Å². The number of carbonyl (C=O) groups excluding carboxylic acids is 3. The molecule has 0 bridgehead atoms. The molecule has 9 heteroatoms. The molecule has 0 saturated carbocycles. The maximum atomic E-state index is 13.0. The Morgan fingerprint density at radius 1 is 1.13 bits per heavy atom. The van der Waals surface area contributed by atoms with E-state index in [0.717, 1.165) is 24.8 Å². The number of ether oxygens (including phenoxy) is 2. The van der Waals surface area contributed by atoms with Crippen molar-refractivity contribution in [3.63, 3.8) is 0 Å². The molecule has 1 saturated heterocycles. The van der Waals surface area contributed by atoms with E-state index in [1.165, 1.54) is 30.3 Å². The SMILES string of the molecule is C=CCOC(=O)c1ccc(C[S+]([O-])C2CC(=O)N2C(C)COCCCCCC(=O)c2ccc(F)cc2)cc1. The molecule has 1 amide bonds. The quantitative estimate of drug-likeness (QED) is 0.0752. The summed E-state index contributed by atoms with van der Waals surface area (Å²) in [6.07, 6.45) is 4.46. The maximum Gasteiger partial charge on any atom is 0.338 e. The Bertz CT molecular complexity index is 1090. The van der Waals surface area contributed by atoms with Crippen LogP contribution in [0.15, 0.2) is 61.2 Å². The molecule has 0 aromatic heterocycles. The van der Waals surface area contributed by atoms with Crippen LogP contribution in [0.4, 0.5) is 4.39 Å². The van der Waals surface area contributed by atoms with Crippen LogP contribution in [0.25, 0.3) is 0 Å². The van der Waals surface area contributed by atoms with Gasteiger partial charge in [0.25, 0.3) is 0 Å². The summed E-state index contributed by atoms with van der Waals surface area (Å²) in [5.74, 6) is -0.572. The molecule has 204 valence electrons. The first-order valence-corrected chi connectivity index (χ1v) is 14.1. The molecule has 1 fully saturated rings. The fourth-order valence-electron chi connectivity index (χ4n) is 4.15. The zero-order valence-corrected chi connectivity index (χ0v) is 22.4. The summed E-state index contributed by atoms with van der Waals surface area (Å²) in [5.41, 5.74) is 1.74. The van der Waals surface area contributed by atoms with Crippen LogP contribution in [0.3, 0.4) is 0 Å². The number of Topliss-reactive ketones (excluding diaryl/α,β-unsaturated/α-hetero) is 1. The molecule has 2 aromatic carbocycles. The minimum Gasteiger partial charge on any atom is -0.614 e. The van der Waals surface area contributed by atoms with E-state index in [1.54, 1.807) is 29.2 Å². The second-order valence-corrected chi connectivity index (χ2v) is 10.8. The van der Waals surface area contributed by atoms with Crippen molar-refractivity contribution in [1.29, 1.82) is 0 Å². The average Bonchev–Trinajstić information content (AvgIpc) is 2.90. The number of esters is 1. The highest BCUT2D eigenvalue weighted by molar-refractivity contribution is 7.91. The molecule has 0 radical (unpaired) electrons. The largest absolute Gasteiger partial charge is 0.614 e. The summed E-state index contributed by atoms with van der Waals surface area (Å²) in [7, 11) is 0. The summed E-state index contributed by atoms with van der Waals surface area (Å²) in [4.78, 5) is 37.9. The number of amides is 1. The van der Waals surface area contributed by atoms with Crippen molar-refractivity contribution in [1.82, 2.24) is 4.90 Å². The second kappa shape index (κ2) is 14.8. The number of β-lactam (4-membered cyclic amide) rings is 1. The van der Waals surface area contributed by atoms with E-state index in [9.17, 15) is 23.3 Å². The average molecular weight is 544 g/mol. The Hall–Kier alpha value is -3.01. The lowest BCUT2D eigenvalue weighted by Crippen LogP contribution is -2.61. The van der Waals surface area contributed by atoms with Gasteiger partial charge in [0, 0.05) is 24.2 Å².